The molecule has 25 heavy (non-hydrogen) atoms. The summed E-state index contributed by atoms with van der Waals surface area (Å²) in [5.41, 5.74) is 10.1. The van der Waals surface area contributed by atoms with E-state index in [0.29, 0.717) is 0 Å². The molecule has 5 heteroatoms. The Morgan fingerprint density at radius 1 is 1.12 bits per heavy atom. The Labute approximate surface area is 150 Å². The predicted molar refractivity (Wildman–Crippen MR) is 99.5 cm³/mol. The number of amides is 2. The lowest BCUT2D eigenvalue weighted by Gasteiger charge is -2.32. The zero-order valence-corrected chi connectivity index (χ0v) is 15.5. The first-order valence-corrected chi connectivity index (χ1v) is 9.33. The van der Waals surface area contributed by atoms with E-state index in [2.05, 4.69) is 38.2 Å². The molecule has 3 atom stereocenters. The smallest absolute Gasteiger partial charge is 0.244 e. The Morgan fingerprint density at radius 2 is 1.76 bits per heavy atom. The Morgan fingerprint density at radius 3 is 2.40 bits per heavy atom. The zero-order valence-electron chi connectivity index (χ0n) is 15.5. The van der Waals surface area contributed by atoms with Gasteiger partial charge in [-0.1, -0.05) is 30.5 Å². The molecule has 1 aliphatic heterocycles. The van der Waals surface area contributed by atoms with Crippen LogP contribution in [0.1, 0.15) is 48.8 Å². The second-order valence-electron chi connectivity index (χ2n) is 7.64. The molecule has 0 aromatic heterocycles. The van der Waals surface area contributed by atoms with Crippen molar-refractivity contribution in [2.45, 2.75) is 65.0 Å². The van der Waals surface area contributed by atoms with Gasteiger partial charge in [-0.25, -0.2) is 0 Å². The SMILES string of the molecule is Cc1cc(C)c(N2CC[C@H](N[C@H]3CCCC[C@@H]3C(N)=O)C2=O)c(C)c1. The summed E-state index contributed by atoms with van der Waals surface area (Å²) >= 11 is 0. The molecule has 5 nitrogen and oxygen atoms in total. The zero-order chi connectivity index (χ0) is 18.1. The average Bonchev–Trinajstić information content (AvgIpc) is 2.88. The highest BCUT2D eigenvalue weighted by Gasteiger charge is 2.38. The maximum atomic E-state index is 13.0. The van der Waals surface area contributed by atoms with Gasteiger partial charge >= 0.3 is 0 Å². The second kappa shape index (κ2) is 7.16. The molecule has 1 aromatic rings. The van der Waals surface area contributed by atoms with Gasteiger partial charge in [-0.2, -0.15) is 0 Å². The van der Waals surface area contributed by atoms with E-state index >= 15 is 0 Å². The molecule has 1 aromatic carbocycles. The largest absolute Gasteiger partial charge is 0.369 e. The molecule has 0 unspecified atom stereocenters. The van der Waals surface area contributed by atoms with Crippen molar-refractivity contribution < 1.29 is 9.59 Å². The summed E-state index contributed by atoms with van der Waals surface area (Å²) in [4.78, 5) is 26.6. The number of carbonyl (C=O) groups excluding carboxylic acids is 2. The third kappa shape index (κ3) is 3.56. The van der Waals surface area contributed by atoms with Gasteiger partial charge in [-0.15, -0.1) is 0 Å². The van der Waals surface area contributed by atoms with Crippen molar-refractivity contribution in [1.29, 1.82) is 0 Å². The van der Waals surface area contributed by atoms with E-state index in [4.69, 9.17) is 5.73 Å². The van der Waals surface area contributed by atoms with E-state index in [1.54, 1.807) is 0 Å². The summed E-state index contributed by atoms with van der Waals surface area (Å²) in [7, 11) is 0. The molecular formula is C20H29N3O2. The van der Waals surface area contributed by atoms with Gasteiger partial charge in [-0.05, 0) is 51.2 Å². The van der Waals surface area contributed by atoms with Crippen molar-refractivity contribution in [3.63, 3.8) is 0 Å². The summed E-state index contributed by atoms with van der Waals surface area (Å²) < 4.78 is 0. The summed E-state index contributed by atoms with van der Waals surface area (Å²) in [5, 5.41) is 3.46. The van der Waals surface area contributed by atoms with Crippen molar-refractivity contribution in [2.75, 3.05) is 11.4 Å². The molecule has 1 saturated heterocycles. The standard InChI is InChI=1S/C20H29N3O2/c1-12-10-13(2)18(14(3)11-12)23-9-8-17(20(23)25)22-16-7-5-4-6-15(16)19(21)24/h10-11,15-17,22H,4-9H2,1-3H3,(H2,21,24)/t15-,16-,17-/m0/s1. The number of primary amides is 1. The van der Waals surface area contributed by atoms with Crippen LogP contribution in [0.5, 0.6) is 0 Å². The summed E-state index contributed by atoms with van der Waals surface area (Å²) in [6.07, 6.45) is 4.64. The van der Waals surface area contributed by atoms with Gasteiger partial charge in [0.25, 0.3) is 0 Å². The quantitative estimate of drug-likeness (QED) is 0.881. The van der Waals surface area contributed by atoms with E-state index in [1.807, 2.05) is 4.90 Å². The minimum atomic E-state index is -0.246. The number of nitrogens with one attached hydrogen (secondary N) is 1. The van der Waals surface area contributed by atoms with Crippen LogP contribution in [0, 0.1) is 26.7 Å². The van der Waals surface area contributed by atoms with Gasteiger partial charge in [0.15, 0.2) is 0 Å². The van der Waals surface area contributed by atoms with Crippen molar-refractivity contribution in [3.8, 4) is 0 Å². The van der Waals surface area contributed by atoms with Gasteiger partial charge in [0.2, 0.25) is 11.8 Å². The van der Waals surface area contributed by atoms with Crippen LogP contribution >= 0.6 is 0 Å². The Hall–Kier alpha value is -1.88. The molecular weight excluding hydrogens is 314 g/mol. The van der Waals surface area contributed by atoms with Crippen LogP contribution in [0.2, 0.25) is 0 Å². The molecule has 0 radical (unpaired) electrons. The normalized spacial score (nSPS) is 26.9. The molecule has 3 rings (SSSR count). The molecule has 1 saturated carbocycles. The third-order valence-corrected chi connectivity index (χ3v) is 5.66. The molecule has 2 amide bonds. The first-order valence-electron chi connectivity index (χ1n) is 9.33. The lowest BCUT2D eigenvalue weighted by molar-refractivity contribution is -0.125. The maximum Gasteiger partial charge on any atom is 0.244 e. The fourth-order valence-corrected chi connectivity index (χ4v) is 4.58. The molecule has 1 aliphatic carbocycles. The topological polar surface area (TPSA) is 75.4 Å². The minimum absolute atomic E-state index is 0.0281. The van der Waals surface area contributed by atoms with Crippen LogP contribution in [0.15, 0.2) is 12.1 Å². The monoisotopic (exact) mass is 343 g/mol. The van der Waals surface area contributed by atoms with Gasteiger partial charge < -0.3 is 16.0 Å². The van der Waals surface area contributed by atoms with E-state index < -0.39 is 0 Å². The van der Waals surface area contributed by atoms with E-state index in [9.17, 15) is 9.59 Å². The van der Waals surface area contributed by atoms with E-state index in [1.165, 1.54) is 5.56 Å². The molecule has 136 valence electrons. The highest BCUT2D eigenvalue weighted by Crippen LogP contribution is 2.31. The van der Waals surface area contributed by atoms with E-state index in [-0.39, 0.29) is 29.8 Å². The Balaban J connectivity index is 1.75. The fraction of sp³-hybridized carbons (Fsp3) is 0.600. The number of nitrogens with zero attached hydrogens (tertiary/aromatic N) is 1. The van der Waals surface area contributed by atoms with Crippen LogP contribution in [0.4, 0.5) is 5.69 Å². The molecule has 1 heterocycles. The second-order valence-corrected chi connectivity index (χ2v) is 7.64. The van der Waals surface area contributed by atoms with Crippen LogP contribution in [-0.2, 0) is 9.59 Å². The van der Waals surface area contributed by atoms with Crippen LogP contribution in [0.3, 0.4) is 0 Å². The van der Waals surface area contributed by atoms with Gasteiger partial charge in [-0.3, -0.25) is 9.59 Å². The Bertz CT molecular complexity index is 663. The minimum Gasteiger partial charge on any atom is -0.369 e. The number of aryl methyl sites for hydroxylation is 3. The lowest BCUT2D eigenvalue weighted by Crippen LogP contribution is -2.51. The Kier molecular flexibility index (Phi) is 5.13. The van der Waals surface area contributed by atoms with E-state index in [0.717, 1.165) is 55.5 Å². The van der Waals surface area contributed by atoms with Crippen molar-refractivity contribution in [3.05, 3.63) is 28.8 Å². The number of hydrogen-bond acceptors (Lipinski definition) is 3. The van der Waals surface area contributed by atoms with Crippen molar-refractivity contribution >= 4 is 17.5 Å². The highest BCUT2D eigenvalue weighted by atomic mass is 16.2. The van der Waals surface area contributed by atoms with Gasteiger partial charge in [0, 0.05) is 18.3 Å². The maximum absolute atomic E-state index is 13.0. The van der Waals surface area contributed by atoms with Crippen molar-refractivity contribution in [1.82, 2.24) is 5.32 Å². The lowest BCUT2D eigenvalue weighted by atomic mass is 9.83. The first kappa shape index (κ1) is 17.9. The number of rotatable bonds is 4. The first-order chi connectivity index (χ1) is 11.9. The third-order valence-electron chi connectivity index (χ3n) is 5.66. The van der Waals surface area contributed by atoms with Crippen LogP contribution in [-0.4, -0.2) is 30.4 Å². The molecule has 0 bridgehead atoms. The average molecular weight is 343 g/mol. The molecule has 0 spiro atoms. The summed E-state index contributed by atoms with van der Waals surface area (Å²) in [6.45, 7) is 6.92. The fourth-order valence-electron chi connectivity index (χ4n) is 4.58. The number of hydrogen-bond donors (Lipinski definition) is 2. The number of benzene rings is 1. The predicted octanol–water partition coefficient (Wildman–Crippen LogP) is 2.35. The van der Waals surface area contributed by atoms with Gasteiger partial charge in [0.05, 0.1) is 12.0 Å². The van der Waals surface area contributed by atoms with Gasteiger partial charge in [0.1, 0.15) is 0 Å². The number of nitrogens with two attached hydrogens (primary N) is 1. The summed E-state index contributed by atoms with van der Waals surface area (Å²) in [6, 6.07) is 4.06. The van der Waals surface area contributed by atoms with Crippen molar-refractivity contribution in [2.24, 2.45) is 11.7 Å². The van der Waals surface area contributed by atoms with Crippen LogP contribution in [0.25, 0.3) is 0 Å². The molecule has 2 fully saturated rings. The molecule has 2 aliphatic rings. The molecule has 3 N–H and O–H groups in total. The number of anilines is 1. The van der Waals surface area contributed by atoms with Crippen LogP contribution < -0.4 is 16.0 Å². The summed E-state index contributed by atoms with van der Waals surface area (Å²) in [5.74, 6) is -0.285. The highest BCUT2D eigenvalue weighted by molar-refractivity contribution is 6.00. The number of carbonyl (C=O) groups is 2.